The normalized spacial score (nSPS) is 11.2. The van der Waals surface area contributed by atoms with Gasteiger partial charge in [-0.25, -0.2) is 8.42 Å². The maximum Gasteiger partial charge on any atom is 0.184 e. The predicted octanol–water partition coefficient (Wildman–Crippen LogP) is 2.64. The average molecular weight is 291 g/mol. The summed E-state index contributed by atoms with van der Waals surface area (Å²) in [7, 11) is -3.49. The van der Waals surface area contributed by atoms with Crippen LogP contribution in [0.4, 0.5) is 5.69 Å². The van der Waals surface area contributed by atoms with Gasteiger partial charge in [0.1, 0.15) is 5.75 Å². The van der Waals surface area contributed by atoms with E-state index in [0.29, 0.717) is 12.4 Å². The predicted molar refractivity (Wildman–Crippen MR) is 79.4 cm³/mol. The van der Waals surface area contributed by atoms with Crippen LogP contribution in [0.25, 0.3) is 0 Å². The van der Waals surface area contributed by atoms with Gasteiger partial charge in [-0.3, -0.25) is 0 Å². The van der Waals surface area contributed by atoms with Crippen LogP contribution in [0.15, 0.2) is 53.4 Å². The first-order chi connectivity index (χ1) is 9.53. The highest BCUT2D eigenvalue weighted by Gasteiger charge is 2.19. The van der Waals surface area contributed by atoms with Gasteiger partial charge < -0.3 is 10.5 Å². The molecule has 0 aromatic heterocycles. The van der Waals surface area contributed by atoms with Crippen LogP contribution in [0.2, 0.25) is 0 Å². The zero-order chi connectivity index (χ0) is 14.6. The fourth-order valence-electron chi connectivity index (χ4n) is 1.91. The molecule has 0 aliphatic rings. The Morgan fingerprint density at radius 3 is 2.45 bits per heavy atom. The zero-order valence-electron chi connectivity index (χ0n) is 11.2. The Hall–Kier alpha value is -2.01. The number of ether oxygens (including phenoxy) is 1. The van der Waals surface area contributed by atoms with E-state index in [9.17, 15) is 8.42 Å². The lowest BCUT2D eigenvalue weighted by Gasteiger charge is -2.10. The molecule has 0 saturated carbocycles. The summed E-state index contributed by atoms with van der Waals surface area (Å²) in [4.78, 5) is 0.118. The van der Waals surface area contributed by atoms with Crippen LogP contribution in [-0.4, -0.2) is 15.0 Å². The topological polar surface area (TPSA) is 69.4 Å². The SMILES string of the molecule is CCOc1ccc(N)c(S(=O)(=O)Cc2ccccc2)c1. The van der Waals surface area contributed by atoms with Crippen molar-refractivity contribution in [1.29, 1.82) is 0 Å². The van der Waals surface area contributed by atoms with Gasteiger partial charge in [-0.2, -0.15) is 0 Å². The lowest BCUT2D eigenvalue weighted by Crippen LogP contribution is -2.08. The van der Waals surface area contributed by atoms with Crippen molar-refractivity contribution >= 4 is 15.5 Å². The number of hydrogen-bond donors (Lipinski definition) is 1. The van der Waals surface area contributed by atoms with Gasteiger partial charge >= 0.3 is 0 Å². The number of nitrogens with two attached hydrogens (primary N) is 1. The highest BCUT2D eigenvalue weighted by atomic mass is 32.2. The average Bonchev–Trinajstić information content (AvgIpc) is 2.42. The Morgan fingerprint density at radius 1 is 1.10 bits per heavy atom. The molecule has 2 rings (SSSR count). The van der Waals surface area contributed by atoms with Crippen molar-refractivity contribution in [3.8, 4) is 5.75 Å². The van der Waals surface area contributed by atoms with Crippen molar-refractivity contribution in [2.75, 3.05) is 12.3 Å². The number of sulfone groups is 1. The summed E-state index contributed by atoms with van der Waals surface area (Å²) in [5.41, 5.74) is 6.76. The molecule has 2 aromatic carbocycles. The van der Waals surface area contributed by atoms with Crippen LogP contribution in [-0.2, 0) is 15.6 Å². The van der Waals surface area contributed by atoms with E-state index in [1.54, 1.807) is 24.3 Å². The Morgan fingerprint density at radius 2 is 1.80 bits per heavy atom. The third-order valence-electron chi connectivity index (χ3n) is 2.83. The van der Waals surface area contributed by atoms with Crippen LogP contribution in [0.5, 0.6) is 5.75 Å². The Balaban J connectivity index is 2.36. The summed E-state index contributed by atoms with van der Waals surface area (Å²) >= 11 is 0. The van der Waals surface area contributed by atoms with E-state index < -0.39 is 9.84 Å². The third-order valence-corrected chi connectivity index (χ3v) is 4.57. The second kappa shape index (κ2) is 5.96. The maximum absolute atomic E-state index is 12.4. The monoisotopic (exact) mass is 291 g/mol. The molecule has 0 unspecified atom stereocenters. The van der Waals surface area contributed by atoms with E-state index in [2.05, 4.69) is 0 Å². The van der Waals surface area contributed by atoms with Gasteiger partial charge in [-0.15, -0.1) is 0 Å². The lowest BCUT2D eigenvalue weighted by molar-refractivity contribution is 0.339. The van der Waals surface area contributed by atoms with E-state index in [1.807, 2.05) is 25.1 Å². The number of rotatable bonds is 5. The van der Waals surface area contributed by atoms with Crippen molar-refractivity contribution < 1.29 is 13.2 Å². The van der Waals surface area contributed by atoms with Crippen molar-refractivity contribution in [3.05, 3.63) is 54.1 Å². The first-order valence-electron chi connectivity index (χ1n) is 6.32. The van der Waals surface area contributed by atoms with E-state index >= 15 is 0 Å². The molecule has 20 heavy (non-hydrogen) atoms. The van der Waals surface area contributed by atoms with Gasteiger partial charge in [-0.05, 0) is 24.6 Å². The van der Waals surface area contributed by atoms with Crippen molar-refractivity contribution in [2.45, 2.75) is 17.6 Å². The largest absolute Gasteiger partial charge is 0.494 e. The fourth-order valence-corrected chi connectivity index (χ4v) is 3.42. The minimum absolute atomic E-state index is 0.0758. The third kappa shape index (κ3) is 3.30. The lowest BCUT2D eigenvalue weighted by atomic mass is 10.2. The van der Waals surface area contributed by atoms with E-state index in [0.717, 1.165) is 5.56 Å². The molecule has 2 aromatic rings. The van der Waals surface area contributed by atoms with E-state index in [-0.39, 0.29) is 16.3 Å². The molecular weight excluding hydrogens is 274 g/mol. The molecule has 0 fully saturated rings. The van der Waals surface area contributed by atoms with Crippen molar-refractivity contribution in [1.82, 2.24) is 0 Å². The molecule has 0 atom stereocenters. The summed E-state index contributed by atoms with van der Waals surface area (Å²) in [6.45, 7) is 2.32. The van der Waals surface area contributed by atoms with Gasteiger partial charge in [0.05, 0.1) is 22.9 Å². The van der Waals surface area contributed by atoms with Gasteiger partial charge in [0.15, 0.2) is 9.84 Å². The van der Waals surface area contributed by atoms with Gasteiger partial charge in [0, 0.05) is 6.07 Å². The number of anilines is 1. The molecule has 0 amide bonds. The highest BCUT2D eigenvalue weighted by Crippen LogP contribution is 2.27. The second-order valence-electron chi connectivity index (χ2n) is 4.38. The van der Waals surface area contributed by atoms with Gasteiger partial charge in [0.25, 0.3) is 0 Å². The molecule has 0 saturated heterocycles. The molecule has 2 N–H and O–H groups in total. The number of nitrogen functional groups attached to an aromatic ring is 1. The van der Waals surface area contributed by atoms with Crippen molar-refractivity contribution in [3.63, 3.8) is 0 Å². The minimum atomic E-state index is -3.49. The molecule has 0 spiro atoms. The van der Waals surface area contributed by atoms with Crippen LogP contribution in [0.3, 0.4) is 0 Å². The molecule has 106 valence electrons. The number of hydrogen-bond acceptors (Lipinski definition) is 4. The summed E-state index contributed by atoms with van der Waals surface area (Å²) in [5, 5.41) is 0. The molecule has 0 aliphatic carbocycles. The van der Waals surface area contributed by atoms with Crippen LogP contribution in [0.1, 0.15) is 12.5 Å². The molecule has 5 heteroatoms. The highest BCUT2D eigenvalue weighted by molar-refractivity contribution is 7.90. The molecule has 4 nitrogen and oxygen atoms in total. The Kier molecular flexibility index (Phi) is 4.29. The fraction of sp³-hybridized carbons (Fsp3) is 0.200. The molecule has 0 heterocycles. The Labute approximate surface area is 119 Å². The van der Waals surface area contributed by atoms with Crippen LogP contribution < -0.4 is 10.5 Å². The smallest absolute Gasteiger partial charge is 0.184 e. The summed E-state index contributed by atoms with van der Waals surface area (Å²) in [6, 6.07) is 13.7. The molecule has 0 radical (unpaired) electrons. The van der Waals surface area contributed by atoms with Crippen LogP contribution >= 0.6 is 0 Å². The number of benzene rings is 2. The standard InChI is InChI=1S/C15H17NO3S/c1-2-19-13-8-9-14(16)15(10-13)20(17,18)11-12-6-4-3-5-7-12/h3-10H,2,11,16H2,1H3. The van der Waals surface area contributed by atoms with E-state index in [4.69, 9.17) is 10.5 Å². The quantitative estimate of drug-likeness (QED) is 0.860. The first-order valence-corrected chi connectivity index (χ1v) is 7.97. The molecule has 0 aliphatic heterocycles. The minimum Gasteiger partial charge on any atom is -0.494 e. The summed E-state index contributed by atoms with van der Waals surface area (Å²) in [5.74, 6) is 0.432. The maximum atomic E-state index is 12.4. The van der Waals surface area contributed by atoms with E-state index in [1.165, 1.54) is 6.07 Å². The molecular formula is C15H17NO3S. The van der Waals surface area contributed by atoms with Crippen molar-refractivity contribution in [2.24, 2.45) is 0 Å². The second-order valence-corrected chi connectivity index (χ2v) is 6.34. The van der Waals surface area contributed by atoms with Gasteiger partial charge in [0.2, 0.25) is 0 Å². The molecule has 0 bridgehead atoms. The van der Waals surface area contributed by atoms with Gasteiger partial charge in [-0.1, -0.05) is 30.3 Å². The zero-order valence-corrected chi connectivity index (χ0v) is 12.1. The Bertz CT molecular complexity index is 682. The first kappa shape index (κ1) is 14.4. The summed E-state index contributed by atoms with van der Waals surface area (Å²) in [6.07, 6.45) is 0. The summed E-state index contributed by atoms with van der Waals surface area (Å²) < 4.78 is 30.2. The van der Waals surface area contributed by atoms with Crippen LogP contribution in [0, 0.1) is 0 Å².